The minimum atomic E-state index is -0.377. The van der Waals surface area contributed by atoms with Gasteiger partial charge in [-0.3, -0.25) is 4.79 Å². The number of fused-ring (bicyclic) bond motifs is 3. The lowest BCUT2D eigenvalue weighted by atomic mass is 9.96. The summed E-state index contributed by atoms with van der Waals surface area (Å²) in [6.07, 6.45) is 1.50. The van der Waals surface area contributed by atoms with Gasteiger partial charge in [0.05, 0.1) is 12.1 Å². The fourth-order valence-electron chi connectivity index (χ4n) is 3.22. The van der Waals surface area contributed by atoms with Crippen LogP contribution in [0.2, 0.25) is 0 Å². The SMILES string of the molecule is O=C(N/N=C/c1ccc(F)cc1)C1c2ccccc2-c2ccccc21. The molecule has 0 radical (unpaired) electrons. The zero-order chi connectivity index (χ0) is 17.2. The van der Waals surface area contributed by atoms with Gasteiger partial charge >= 0.3 is 0 Å². The van der Waals surface area contributed by atoms with Crippen LogP contribution in [0.4, 0.5) is 4.39 Å². The maximum atomic E-state index is 12.9. The summed E-state index contributed by atoms with van der Waals surface area (Å²) >= 11 is 0. The van der Waals surface area contributed by atoms with Gasteiger partial charge in [-0.25, -0.2) is 9.82 Å². The van der Waals surface area contributed by atoms with Crippen molar-refractivity contribution < 1.29 is 9.18 Å². The van der Waals surface area contributed by atoms with E-state index in [0.717, 1.165) is 22.3 Å². The molecule has 0 saturated carbocycles. The molecular formula is C21H15FN2O. The Bertz CT molecular complexity index is 918. The maximum Gasteiger partial charge on any atom is 0.252 e. The molecule has 0 heterocycles. The standard InChI is InChI=1S/C21H15FN2O/c22-15-11-9-14(10-12-15)13-23-24-21(25)20-18-7-3-1-5-16(18)17-6-2-4-8-19(17)20/h1-13,20H,(H,24,25)/b23-13+. The van der Waals surface area contributed by atoms with Crippen LogP contribution >= 0.6 is 0 Å². The van der Waals surface area contributed by atoms with E-state index in [4.69, 9.17) is 0 Å². The van der Waals surface area contributed by atoms with Crippen molar-refractivity contribution in [1.29, 1.82) is 0 Å². The predicted octanol–water partition coefficient (Wildman–Crippen LogP) is 4.09. The molecule has 0 aliphatic heterocycles. The van der Waals surface area contributed by atoms with Gasteiger partial charge < -0.3 is 0 Å². The molecule has 0 fully saturated rings. The van der Waals surface area contributed by atoms with Crippen LogP contribution in [0.15, 0.2) is 77.9 Å². The summed E-state index contributed by atoms with van der Waals surface area (Å²) < 4.78 is 12.9. The van der Waals surface area contributed by atoms with Crippen LogP contribution in [0.25, 0.3) is 11.1 Å². The third-order valence-corrected chi connectivity index (χ3v) is 4.35. The van der Waals surface area contributed by atoms with Crippen molar-refractivity contribution in [2.75, 3.05) is 0 Å². The van der Waals surface area contributed by atoms with E-state index in [2.05, 4.69) is 10.5 Å². The van der Waals surface area contributed by atoms with Crippen molar-refractivity contribution in [3.05, 3.63) is 95.3 Å². The predicted molar refractivity (Wildman–Crippen MR) is 95.9 cm³/mol. The number of hydrazone groups is 1. The van der Waals surface area contributed by atoms with Gasteiger partial charge in [0.15, 0.2) is 0 Å². The molecule has 1 amide bonds. The van der Waals surface area contributed by atoms with E-state index in [0.29, 0.717) is 5.56 Å². The molecule has 4 rings (SSSR count). The Kier molecular flexibility index (Phi) is 3.86. The summed E-state index contributed by atoms with van der Waals surface area (Å²) in [5, 5.41) is 4.01. The Hall–Kier alpha value is -3.27. The topological polar surface area (TPSA) is 41.5 Å². The van der Waals surface area contributed by atoms with Gasteiger partial charge in [-0.05, 0) is 39.9 Å². The Balaban J connectivity index is 1.59. The number of carbonyl (C=O) groups is 1. The number of benzene rings is 3. The molecule has 1 aliphatic carbocycles. The zero-order valence-electron chi connectivity index (χ0n) is 13.3. The van der Waals surface area contributed by atoms with Crippen LogP contribution in [-0.2, 0) is 4.79 Å². The van der Waals surface area contributed by atoms with E-state index < -0.39 is 0 Å². The first-order valence-electron chi connectivity index (χ1n) is 8.01. The van der Waals surface area contributed by atoms with Gasteiger partial charge in [-0.1, -0.05) is 60.7 Å². The highest BCUT2D eigenvalue weighted by Gasteiger charge is 2.33. The molecule has 0 spiro atoms. The first-order chi connectivity index (χ1) is 12.2. The van der Waals surface area contributed by atoms with E-state index >= 15 is 0 Å². The summed E-state index contributed by atoms with van der Waals surface area (Å²) in [5.41, 5.74) is 7.46. The van der Waals surface area contributed by atoms with Crippen LogP contribution in [-0.4, -0.2) is 12.1 Å². The zero-order valence-corrected chi connectivity index (χ0v) is 13.3. The average Bonchev–Trinajstić information content (AvgIpc) is 2.98. The van der Waals surface area contributed by atoms with E-state index in [1.54, 1.807) is 12.1 Å². The van der Waals surface area contributed by atoms with Crippen molar-refractivity contribution in [2.24, 2.45) is 5.10 Å². The number of hydrogen-bond donors (Lipinski definition) is 1. The second-order valence-electron chi connectivity index (χ2n) is 5.89. The van der Waals surface area contributed by atoms with Crippen LogP contribution in [0.3, 0.4) is 0 Å². The van der Waals surface area contributed by atoms with Gasteiger partial charge in [-0.15, -0.1) is 0 Å². The molecule has 122 valence electrons. The third-order valence-electron chi connectivity index (χ3n) is 4.35. The van der Waals surface area contributed by atoms with Gasteiger partial charge in [0.25, 0.3) is 5.91 Å². The molecule has 3 aromatic rings. The molecule has 1 N–H and O–H groups in total. The molecule has 4 heteroatoms. The number of nitrogens with one attached hydrogen (secondary N) is 1. The second-order valence-corrected chi connectivity index (χ2v) is 5.89. The van der Waals surface area contributed by atoms with E-state index in [1.807, 2.05) is 48.5 Å². The molecule has 3 aromatic carbocycles. The normalized spacial score (nSPS) is 12.8. The van der Waals surface area contributed by atoms with E-state index in [9.17, 15) is 9.18 Å². The van der Waals surface area contributed by atoms with Crippen molar-refractivity contribution >= 4 is 12.1 Å². The van der Waals surface area contributed by atoms with E-state index in [1.165, 1.54) is 18.3 Å². The number of nitrogens with zero attached hydrogens (tertiary/aromatic N) is 1. The minimum Gasteiger partial charge on any atom is -0.272 e. The summed E-state index contributed by atoms with van der Waals surface area (Å²) in [5.74, 6) is -0.867. The van der Waals surface area contributed by atoms with Crippen LogP contribution < -0.4 is 5.43 Å². The van der Waals surface area contributed by atoms with Gasteiger partial charge in [0.2, 0.25) is 0 Å². The third kappa shape index (κ3) is 2.83. The highest BCUT2D eigenvalue weighted by molar-refractivity contribution is 5.96. The van der Waals surface area contributed by atoms with Gasteiger partial charge in [0.1, 0.15) is 5.82 Å². The Morgan fingerprint density at radius 1 is 0.880 bits per heavy atom. The summed E-state index contributed by atoms with van der Waals surface area (Å²) in [4.78, 5) is 12.7. The van der Waals surface area contributed by atoms with Crippen molar-refractivity contribution in [2.45, 2.75) is 5.92 Å². The smallest absolute Gasteiger partial charge is 0.252 e. The lowest BCUT2D eigenvalue weighted by molar-refractivity contribution is -0.121. The van der Waals surface area contributed by atoms with Crippen LogP contribution in [0.5, 0.6) is 0 Å². The number of hydrogen-bond acceptors (Lipinski definition) is 2. The Morgan fingerprint density at radius 2 is 1.44 bits per heavy atom. The molecule has 25 heavy (non-hydrogen) atoms. The number of carbonyl (C=O) groups excluding carboxylic acids is 1. The first kappa shape index (κ1) is 15.3. The first-order valence-corrected chi connectivity index (χ1v) is 8.01. The van der Waals surface area contributed by atoms with Crippen molar-refractivity contribution in [3.63, 3.8) is 0 Å². The van der Waals surface area contributed by atoms with Crippen LogP contribution in [0, 0.1) is 5.82 Å². The molecule has 0 unspecified atom stereocenters. The quantitative estimate of drug-likeness (QED) is 0.570. The highest BCUT2D eigenvalue weighted by atomic mass is 19.1. The molecule has 0 saturated heterocycles. The molecule has 0 atom stereocenters. The van der Waals surface area contributed by atoms with Crippen LogP contribution in [0.1, 0.15) is 22.6 Å². The fraction of sp³-hybridized carbons (Fsp3) is 0.0476. The number of halogens is 1. The largest absolute Gasteiger partial charge is 0.272 e. The van der Waals surface area contributed by atoms with Gasteiger partial charge in [-0.2, -0.15) is 5.10 Å². The average molecular weight is 330 g/mol. The number of amides is 1. The lowest BCUT2D eigenvalue weighted by Crippen LogP contribution is -2.25. The summed E-state index contributed by atoms with van der Waals surface area (Å²) in [6.45, 7) is 0. The minimum absolute atomic E-state index is 0.184. The van der Waals surface area contributed by atoms with Crippen molar-refractivity contribution in [1.82, 2.24) is 5.43 Å². The molecular weight excluding hydrogens is 315 g/mol. The van der Waals surface area contributed by atoms with Crippen molar-refractivity contribution in [3.8, 4) is 11.1 Å². The van der Waals surface area contributed by atoms with Gasteiger partial charge in [0, 0.05) is 0 Å². The number of rotatable bonds is 3. The molecule has 0 bridgehead atoms. The highest BCUT2D eigenvalue weighted by Crippen LogP contribution is 2.44. The maximum absolute atomic E-state index is 12.9. The fourth-order valence-corrected chi connectivity index (χ4v) is 3.22. The second kappa shape index (κ2) is 6.32. The summed E-state index contributed by atoms with van der Waals surface area (Å²) in [6, 6.07) is 21.7. The molecule has 3 nitrogen and oxygen atoms in total. The Morgan fingerprint density at radius 3 is 2.04 bits per heavy atom. The summed E-state index contributed by atoms with van der Waals surface area (Å²) in [7, 11) is 0. The molecule has 1 aliphatic rings. The van der Waals surface area contributed by atoms with E-state index in [-0.39, 0.29) is 17.6 Å². The monoisotopic (exact) mass is 330 g/mol. The molecule has 0 aromatic heterocycles. The lowest BCUT2D eigenvalue weighted by Gasteiger charge is -2.11. The Labute approximate surface area is 144 Å².